The molecule has 9 nitrogen and oxygen atoms in total. The molecule has 194 valence electrons. The van der Waals surface area contributed by atoms with Gasteiger partial charge in [-0.25, -0.2) is 0 Å². The Hall–Kier alpha value is -4.10. The average Bonchev–Trinajstić information content (AvgIpc) is 3.32. The van der Waals surface area contributed by atoms with Crippen molar-refractivity contribution >= 4 is 28.5 Å². The van der Waals surface area contributed by atoms with Crippen LogP contribution in [-0.2, 0) is 11.2 Å². The van der Waals surface area contributed by atoms with E-state index >= 15 is 0 Å². The first-order chi connectivity index (χ1) is 17.9. The Morgan fingerprint density at radius 2 is 1.76 bits per heavy atom. The second-order valence-corrected chi connectivity index (χ2v) is 9.27. The van der Waals surface area contributed by atoms with Gasteiger partial charge >= 0.3 is 0 Å². The number of nitrogens with zero attached hydrogens (tertiary/aromatic N) is 3. The van der Waals surface area contributed by atoms with Crippen LogP contribution >= 0.6 is 11.3 Å². The number of nitrogens with one attached hydrogen (secondary N) is 1. The average molecular weight is 523 g/mol. The Morgan fingerprint density at radius 1 is 1.05 bits per heavy atom. The standard InChI is InChI=1S/C27H30N4O5S/c1-5-34-24-16-19(10-11-23(24)36-13-12-35-22-9-7-6-8-21(22)33-4)15-20(17-28)26(32)29-27-31-30-25(37-27)14-18(2)3/h6-11,15-16,18H,5,12-14H2,1-4H3,(H,29,31,32)/b20-15-. The summed E-state index contributed by atoms with van der Waals surface area (Å²) in [4.78, 5) is 12.7. The molecule has 0 fully saturated rings. The number of carbonyl (C=O) groups excluding carboxylic acids is 1. The summed E-state index contributed by atoms with van der Waals surface area (Å²) in [6.07, 6.45) is 2.26. The van der Waals surface area contributed by atoms with E-state index in [1.807, 2.05) is 37.3 Å². The van der Waals surface area contributed by atoms with E-state index in [1.165, 1.54) is 17.4 Å². The number of para-hydroxylation sites is 2. The van der Waals surface area contributed by atoms with Crippen molar-refractivity contribution < 1.29 is 23.7 Å². The van der Waals surface area contributed by atoms with Gasteiger partial charge in [-0.2, -0.15) is 5.26 Å². The zero-order chi connectivity index (χ0) is 26.6. The first kappa shape index (κ1) is 27.5. The Labute approximate surface area is 220 Å². The normalized spacial score (nSPS) is 11.1. The van der Waals surface area contributed by atoms with Crippen molar-refractivity contribution in [3.05, 3.63) is 58.6 Å². The fraction of sp³-hybridized carbons (Fsp3) is 0.333. The van der Waals surface area contributed by atoms with Crippen molar-refractivity contribution in [2.75, 3.05) is 32.2 Å². The third-order valence-electron chi connectivity index (χ3n) is 4.88. The molecule has 2 aromatic carbocycles. The van der Waals surface area contributed by atoms with Crippen molar-refractivity contribution in [1.82, 2.24) is 10.2 Å². The zero-order valence-corrected chi connectivity index (χ0v) is 22.1. The number of anilines is 1. The number of aromatic nitrogens is 2. The Kier molecular flexibility index (Phi) is 10.3. The van der Waals surface area contributed by atoms with Crippen LogP contribution in [0, 0.1) is 17.2 Å². The predicted octanol–water partition coefficient (Wildman–Crippen LogP) is 5.15. The molecule has 0 radical (unpaired) electrons. The molecule has 1 amide bonds. The Morgan fingerprint density at radius 3 is 2.41 bits per heavy atom. The van der Waals surface area contributed by atoms with Crippen LogP contribution in [0.5, 0.6) is 23.0 Å². The number of hydrogen-bond acceptors (Lipinski definition) is 9. The van der Waals surface area contributed by atoms with Gasteiger partial charge in [0.1, 0.15) is 29.9 Å². The molecule has 3 aromatic rings. The van der Waals surface area contributed by atoms with Crippen LogP contribution in [-0.4, -0.2) is 43.0 Å². The lowest BCUT2D eigenvalue weighted by atomic mass is 10.1. The molecule has 0 unspecified atom stereocenters. The maximum Gasteiger partial charge on any atom is 0.268 e. The quantitative estimate of drug-likeness (QED) is 0.186. The lowest BCUT2D eigenvalue weighted by Crippen LogP contribution is -2.13. The summed E-state index contributed by atoms with van der Waals surface area (Å²) in [5.41, 5.74) is 0.549. The van der Waals surface area contributed by atoms with Crippen LogP contribution in [0.4, 0.5) is 5.13 Å². The van der Waals surface area contributed by atoms with E-state index in [4.69, 9.17) is 18.9 Å². The Balaban J connectivity index is 1.65. The Bertz CT molecular complexity index is 1270. The van der Waals surface area contributed by atoms with Gasteiger partial charge < -0.3 is 18.9 Å². The summed E-state index contributed by atoms with van der Waals surface area (Å²) in [5, 5.41) is 21.5. The van der Waals surface area contributed by atoms with Crippen LogP contribution in [0.2, 0.25) is 0 Å². The van der Waals surface area contributed by atoms with E-state index in [2.05, 4.69) is 29.4 Å². The van der Waals surface area contributed by atoms with Crippen molar-refractivity contribution in [1.29, 1.82) is 5.26 Å². The molecule has 10 heteroatoms. The minimum Gasteiger partial charge on any atom is -0.493 e. The maximum atomic E-state index is 12.7. The zero-order valence-electron chi connectivity index (χ0n) is 21.3. The molecular formula is C27H30N4O5S. The lowest BCUT2D eigenvalue weighted by molar-refractivity contribution is -0.112. The SMILES string of the molecule is CCOc1cc(/C=C(/C#N)C(=O)Nc2nnc(CC(C)C)s2)ccc1OCCOc1ccccc1OC. The van der Waals surface area contributed by atoms with E-state index in [1.54, 1.807) is 25.3 Å². The predicted molar refractivity (Wildman–Crippen MR) is 142 cm³/mol. The van der Waals surface area contributed by atoms with E-state index in [9.17, 15) is 10.1 Å². The summed E-state index contributed by atoms with van der Waals surface area (Å²) < 4.78 is 22.6. The number of amides is 1. The number of carbonyl (C=O) groups is 1. The molecule has 0 saturated carbocycles. The lowest BCUT2D eigenvalue weighted by Gasteiger charge is -2.14. The molecular weight excluding hydrogens is 492 g/mol. The van der Waals surface area contributed by atoms with E-state index in [0.29, 0.717) is 52.8 Å². The molecule has 0 spiro atoms. The topological polar surface area (TPSA) is 116 Å². The second kappa shape index (κ2) is 13.8. The molecule has 1 heterocycles. The van der Waals surface area contributed by atoms with E-state index in [-0.39, 0.29) is 12.2 Å². The van der Waals surface area contributed by atoms with Crippen LogP contribution in [0.1, 0.15) is 31.3 Å². The van der Waals surface area contributed by atoms with Gasteiger partial charge in [-0.15, -0.1) is 10.2 Å². The highest BCUT2D eigenvalue weighted by Crippen LogP contribution is 2.30. The van der Waals surface area contributed by atoms with E-state index < -0.39 is 5.91 Å². The summed E-state index contributed by atoms with van der Waals surface area (Å²) in [7, 11) is 1.59. The molecule has 0 aliphatic heterocycles. The largest absolute Gasteiger partial charge is 0.493 e. The molecule has 0 atom stereocenters. The molecule has 0 aliphatic rings. The van der Waals surface area contributed by atoms with Gasteiger partial charge in [0.25, 0.3) is 5.91 Å². The van der Waals surface area contributed by atoms with Gasteiger partial charge in [-0.1, -0.05) is 43.4 Å². The first-order valence-electron chi connectivity index (χ1n) is 11.8. The minimum absolute atomic E-state index is 0.0677. The van der Waals surface area contributed by atoms with Gasteiger partial charge in [-0.05, 0) is 48.7 Å². The third kappa shape index (κ3) is 8.22. The first-order valence-corrected chi connectivity index (χ1v) is 12.7. The number of nitriles is 1. The third-order valence-corrected chi connectivity index (χ3v) is 5.74. The van der Waals surface area contributed by atoms with Crippen LogP contribution in [0.15, 0.2) is 48.0 Å². The molecule has 37 heavy (non-hydrogen) atoms. The summed E-state index contributed by atoms with van der Waals surface area (Å²) in [6, 6.07) is 14.5. The molecule has 0 aliphatic carbocycles. The van der Waals surface area contributed by atoms with Gasteiger partial charge in [0, 0.05) is 6.42 Å². The molecule has 3 rings (SSSR count). The van der Waals surface area contributed by atoms with Crippen molar-refractivity contribution in [3.63, 3.8) is 0 Å². The molecule has 1 N–H and O–H groups in total. The number of rotatable bonds is 13. The summed E-state index contributed by atoms with van der Waals surface area (Å²) in [6.45, 7) is 7.03. The van der Waals surface area contributed by atoms with Crippen LogP contribution in [0.25, 0.3) is 6.08 Å². The van der Waals surface area contributed by atoms with E-state index in [0.717, 1.165) is 11.4 Å². The van der Waals surface area contributed by atoms with Crippen molar-refractivity contribution in [2.24, 2.45) is 5.92 Å². The number of benzene rings is 2. The molecule has 0 saturated heterocycles. The maximum absolute atomic E-state index is 12.7. The number of hydrogen-bond donors (Lipinski definition) is 1. The van der Waals surface area contributed by atoms with Gasteiger partial charge in [-0.3, -0.25) is 10.1 Å². The fourth-order valence-electron chi connectivity index (χ4n) is 3.26. The van der Waals surface area contributed by atoms with Gasteiger partial charge in [0.15, 0.2) is 23.0 Å². The minimum atomic E-state index is -0.554. The second-order valence-electron chi connectivity index (χ2n) is 8.21. The summed E-state index contributed by atoms with van der Waals surface area (Å²) >= 11 is 1.30. The van der Waals surface area contributed by atoms with Gasteiger partial charge in [0.05, 0.1) is 13.7 Å². The van der Waals surface area contributed by atoms with Crippen molar-refractivity contribution in [3.8, 4) is 29.1 Å². The number of ether oxygens (including phenoxy) is 4. The number of methoxy groups -OCH3 is 1. The van der Waals surface area contributed by atoms with Crippen LogP contribution in [0.3, 0.4) is 0 Å². The monoisotopic (exact) mass is 522 g/mol. The van der Waals surface area contributed by atoms with Crippen molar-refractivity contribution in [2.45, 2.75) is 27.2 Å². The summed E-state index contributed by atoms with van der Waals surface area (Å²) in [5.74, 6) is 2.17. The van der Waals surface area contributed by atoms with Gasteiger partial charge in [0.2, 0.25) is 5.13 Å². The highest BCUT2D eigenvalue weighted by atomic mass is 32.1. The highest BCUT2D eigenvalue weighted by molar-refractivity contribution is 7.15. The molecule has 0 bridgehead atoms. The fourth-order valence-corrected chi connectivity index (χ4v) is 4.21. The smallest absolute Gasteiger partial charge is 0.268 e. The molecule has 1 aromatic heterocycles. The highest BCUT2D eigenvalue weighted by Gasteiger charge is 2.14. The van der Waals surface area contributed by atoms with Crippen LogP contribution < -0.4 is 24.3 Å².